The number of anilines is 1. The lowest BCUT2D eigenvalue weighted by Crippen LogP contribution is -2.68. The molecular weight excluding hydrogens is 1150 g/mol. The summed E-state index contributed by atoms with van der Waals surface area (Å²) in [5.41, 5.74) is 62.9. The van der Waals surface area contributed by atoms with Crippen LogP contribution >= 0.6 is 0 Å². The van der Waals surface area contributed by atoms with Crippen molar-refractivity contribution < 1.29 is 103 Å². The third-order valence-corrected chi connectivity index (χ3v) is 16.9. The Morgan fingerprint density at radius 2 is 0.874 bits per heavy atom. The lowest BCUT2D eigenvalue weighted by molar-refractivity contribution is -0.315. The smallest absolute Gasteiger partial charge is 0.305 e. The second kappa shape index (κ2) is 32.9. The molecule has 0 spiro atoms. The summed E-state index contributed by atoms with van der Waals surface area (Å²) in [6.07, 6.45) is -24.9. The van der Waals surface area contributed by atoms with Crippen LogP contribution in [0.1, 0.15) is 69.9 Å². The first-order chi connectivity index (χ1) is 41.3. The second-order valence-corrected chi connectivity index (χ2v) is 23.6. The molecule has 6 aliphatic rings. The van der Waals surface area contributed by atoms with Crippen LogP contribution in [0.15, 0.2) is 24.3 Å². The van der Waals surface area contributed by atoms with Crippen molar-refractivity contribution in [3.63, 3.8) is 0 Å². The van der Waals surface area contributed by atoms with E-state index in [2.05, 4.69) is 16.0 Å². The van der Waals surface area contributed by atoms with E-state index in [1.165, 1.54) is 0 Å². The van der Waals surface area contributed by atoms with Gasteiger partial charge in [-0.15, -0.1) is 0 Å². The van der Waals surface area contributed by atoms with E-state index in [-0.39, 0.29) is 70.6 Å². The lowest BCUT2D eigenvalue weighted by atomic mass is 9.84. The quantitative estimate of drug-likeness (QED) is 0.0221. The van der Waals surface area contributed by atoms with Gasteiger partial charge in [0.25, 0.3) is 0 Å². The number of aliphatic hydroxyl groups excluding tert-OH is 9. The van der Waals surface area contributed by atoms with E-state index in [1.54, 1.807) is 12.1 Å². The van der Waals surface area contributed by atoms with Crippen molar-refractivity contribution in [1.29, 1.82) is 0 Å². The van der Waals surface area contributed by atoms with E-state index < -0.39 is 203 Å². The SMILES string of the molecule is CC(NCCCC(=O)OC[C@H]1O[C@H](OC2[C@H](N)C[C@H](N)[C@@H](O[C@H]3O[C@H](CN)[C@@H](O)C[C@H]3N)[C@@H]2O)[C@H](O)[C@@H](N)[C@@H]1O)c1ccc(NC(O)NCCCC(=O)OC[C@H]2O[C@H](OC3[C@H](N)C[C@H](N)[C@@H](O[C@H]4O[C@H](CN)[C@@H](O)C[C@H]4N)[C@@H]3O)[C@H](O)[C@@H](N)[C@@H]2O)cc1. The minimum atomic E-state index is -1.59. The number of esters is 2. The van der Waals surface area contributed by atoms with E-state index in [9.17, 15) is 55.5 Å². The van der Waals surface area contributed by atoms with Gasteiger partial charge in [0.15, 0.2) is 31.5 Å². The number of rotatable bonds is 27. The van der Waals surface area contributed by atoms with Crippen LogP contribution in [0.4, 0.5) is 5.69 Å². The third kappa shape index (κ3) is 18.5. The van der Waals surface area contributed by atoms with Crippen LogP contribution in [-0.2, 0) is 57.0 Å². The molecule has 7 rings (SSSR count). The van der Waals surface area contributed by atoms with Gasteiger partial charge in [-0.05, 0) is 76.2 Å². The molecule has 2 saturated carbocycles. The Bertz CT molecular complexity index is 2260. The maximum absolute atomic E-state index is 12.8. The summed E-state index contributed by atoms with van der Waals surface area (Å²) in [6, 6.07) is -0.363. The Hall–Kier alpha value is -3.20. The van der Waals surface area contributed by atoms with Crippen molar-refractivity contribution in [3.05, 3.63) is 29.8 Å². The van der Waals surface area contributed by atoms with Crippen molar-refractivity contribution in [2.24, 2.45) is 57.3 Å². The second-order valence-electron chi connectivity index (χ2n) is 23.6. The predicted octanol–water partition coefficient (Wildman–Crippen LogP) is -10.3. The van der Waals surface area contributed by atoms with Gasteiger partial charge in [0.05, 0.1) is 48.6 Å². The standard InChI is InChI=1S/C53H97N13O21/c1-20(64-10-2-4-35(69)78-18-33-39(71)37(62)41(73)51(82-33)86-47-25(58)12-23(56)45(43(47)75)84-49-27(60)14-29(67)31(16-54)80-49)21-6-8-22(9-7-21)66-53(77)65-11-3-5-36(70)79-19-34-40(72)38(63)42(74)52(83-34)87-48-26(59)13-24(57)46(44(48)76)85-50-28(61)15-30(68)32(17-55)81-50/h6-9,20,23-34,37-53,64-68,71-77H,2-5,10-19,54-63H2,1H3/t20?,23-,24-,25+,26+,27+,28+,29-,30-,31+,32+,33+,34+,37-,38-,39+,40+,41+,42+,43-,44-,45+,46+,47?,48?,49+,50+,51+,52+,53?/m0/s1. The number of hydrogen-bond acceptors (Lipinski definition) is 34. The van der Waals surface area contributed by atoms with Gasteiger partial charge < -0.3 is 161 Å². The minimum absolute atomic E-state index is 0.00236. The topological polar surface area (TPSA) is 605 Å². The van der Waals surface area contributed by atoms with Crippen LogP contribution in [0.25, 0.3) is 0 Å². The number of carbonyl (C=O) groups is 2. The first-order valence-electron chi connectivity index (χ1n) is 29.8. The summed E-state index contributed by atoms with van der Waals surface area (Å²) in [4.78, 5) is 25.6. The zero-order valence-electron chi connectivity index (χ0n) is 48.7. The Labute approximate surface area is 503 Å². The van der Waals surface area contributed by atoms with E-state index in [0.717, 1.165) is 5.56 Å². The molecule has 500 valence electrons. The van der Waals surface area contributed by atoms with Gasteiger partial charge in [-0.3, -0.25) is 14.9 Å². The molecule has 34 heteroatoms. The van der Waals surface area contributed by atoms with Crippen LogP contribution in [0.2, 0.25) is 0 Å². The van der Waals surface area contributed by atoms with E-state index in [4.69, 9.17) is 105 Å². The van der Waals surface area contributed by atoms with Gasteiger partial charge in [-0.25, -0.2) is 0 Å². The van der Waals surface area contributed by atoms with Crippen molar-refractivity contribution in [3.8, 4) is 0 Å². The molecule has 87 heavy (non-hydrogen) atoms. The lowest BCUT2D eigenvalue weighted by Gasteiger charge is -2.47. The maximum Gasteiger partial charge on any atom is 0.305 e. The van der Waals surface area contributed by atoms with Crippen LogP contribution in [0.5, 0.6) is 0 Å². The normalized spacial score (nSPS) is 42.6. The average Bonchev–Trinajstić information content (AvgIpc) is 1.17. The molecule has 0 radical (unpaired) electrons. The number of nitrogens with two attached hydrogens (primary N) is 10. The molecule has 4 saturated heterocycles. The molecule has 4 aliphatic heterocycles. The highest BCUT2D eigenvalue weighted by Crippen LogP contribution is 2.34. The van der Waals surface area contributed by atoms with Crippen LogP contribution < -0.4 is 73.3 Å². The maximum atomic E-state index is 12.8. The fourth-order valence-electron chi connectivity index (χ4n) is 11.5. The summed E-state index contributed by atoms with van der Waals surface area (Å²) in [6.45, 7) is 1.64. The highest BCUT2D eigenvalue weighted by atomic mass is 16.7. The molecule has 1 aromatic rings. The molecule has 1 aromatic carbocycles. The zero-order valence-corrected chi connectivity index (χ0v) is 48.7. The number of carbonyl (C=O) groups excluding carboxylic acids is 2. The summed E-state index contributed by atoms with van der Waals surface area (Å²) < 4.78 is 58.0. The first-order valence-corrected chi connectivity index (χ1v) is 29.8. The molecule has 4 unspecified atom stereocenters. The molecule has 2 aliphatic carbocycles. The number of nitrogens with one attached hydrogen (secondary N) is 3. The molecule has 6 fully saturated rings. The third-order valence-electron chi connectivity index (χ3n) is 16.9. The Morgan fingerprint density at radius 3 is 1.26 bits per heavy atom. The largest absolute Gasteiger partial charge is 0.463 e. The van der Waals surface area contributed by atoms with Crippen LogP contribution in [0.3, 0.4) is 0 Å². The van der Waals surface area contributed by atoms with Crippen LogP contribution in [0, 0.1) is 0 Å². The molecular formula is C53H97N13O21. The fourth-order valence-corrected chi connectivity index (χ4v) is 11.5. The van der Waals surface area contributed by atoms with Gasteiger partial charge in [0.1, 0.15) is 86.5 Å². The Morgan fingerprint density at radius 1 is 0.506 bits per heavy atom. The first kappa shape index (κ1) is 71.2. The molecule has 30 atom stereocenters. The number of benzene rings is 1. The molecule has 32 N–H and O–H groups in total. The number of aliphatic hydroxyl groups is 9. The summed E-state index contributed by atoms with van der Waals surface area (Å²) in [5, 5.41) is 107. The van der Waals surface area contributed by atoms with Gasteiger partial charge in [-0.1, -0.05) is 12.1 Å². The average molecular weight is 1250 g/mol. The predicted molar refractivity (Wildman–Crippen MR) is 303 cm³/mol. The highest BCUT2D eigenvalue weighted by molar-refractivity contribution is 5.69. The Balaban J connectivity index is 0.762. The van der Waals surface area contributed by atoms with Gasteiger partial charge >= 0.3 is 11.9 Å². The molecule has 0 aromatic heterocycles. The summed E-state index contributed by atoms with van der Waals surface area (Å²) in [7, 11) is 0. The molecule has 0 amide bonds. The molecule has 4 heterocycles. The van der Waals surface area contributed by atoms with Crippen molar-refractivity contribution in [2.75, 3.05) is 44.7 Å². The van der Waals surface area contributed by atoms with E-state index in [0.29, 0.717) is 18.7 Å². The zero-order chi connectivity index (χ0) is 63.6. The molecule has 34 nitrogen and oxygen atoms in total. The number of ether oxygens (including phenoxy) is 10. The summed E-state index contributed by atoms with van der Waals surface area (Å²) in [5.74, 6) is -1.24. The van der Waals surface area contributed by atoms with E-state index in [1.807, 2.05) is 19.1 Å². The van der Waals surface area contributed by atoms with Crippen molar-refractivity contribution in [2.45, 2.75) is 242 Å². The van der Waals surface area contributed by atoms with E-state index >= 15 is 0 Å². The Kier molecular flexibility index (Phi) is 26.9. The van der Waals surface area contributed by atoms with Crippen molar-refractivity contribution in [1.82, 2.24) is 10.6 Å². The van der Waals surface area contributed by atoms with Crippen molar-refractivity contribution >= 4 is 17.6 Å². The monoisotopic (exact) mass is 1250 g/mol. The van der Waals surface area contributed by atoms with Gasteiger partial charge in [0.2, 0.25) is 0 Å². The minimum Gasteiger partial charge on any atom is -0.463 e. The highest BCUT2D eigenvalue weighted by Gasteiger charge is 2.53. The molecule has 0 bridgehead atoms. The van der Waals surface area contributed by atoms with Crippen LogP contribution in [-0.4, -0.2) is 275 Å². The number of hydrogen-bond donors (Lipinski definition) is 22. The fraction of sp³-hybridized carbons (Fsp3) is 0.849. The van der Waals surface area contributed by atoms with Gasteiger partial charge in [-0.2, -0.15) is 0 Å². The van der Waals surface area contributed by atoms with Gasteiger partial charge in [0, 0.05) is 61.8 Å². The summed E-state index contributed by atoms with van der Waals surface area (Å²) >= 11 is 0.